The zero-order chi connectivity index (χ0) is 49.7. The van der Waals surface area contributed by atoms with Crippen LogP contribution < -0.4 is 0 Å². The van der Waals surface area contributed by atoms with Crippen molar-refractivity contribution in [2.75, 3.05) is 0 Å². The molecule has 0 saturated heterocycles. The van der Waals surface area contributed by atoms with Gasteiger partial charge in [-0.25, -0.2) is 0 Å². The summed E-state index contributed by atoms with van der Waals surface area (Å²) < 4.78 is 3.20. The maximum absolute atomic E-state index is 5.98. The highest BCUT2D eigenvalue weighted by Gasteiger charge is 2.59. The van der Waals surface area contributed by atoms with Gasteiger partial charge in [0.15, 0.2) is 0 Å². The summed E-state index contributed by atoms with van der Waals surface area (Å²) in [7, 11) is 0. The number of hydrogen-bond acceptors (Lipinski definition) is 2. The molecule has 3 nitrogen and oxygen atoms in total. The minimum atomic E-state index is 0.666. The Hall–Kier alpha value is -0.860. The van der Waals surface area contributed by atoms with Crippen LogP contribution in [0, 0.1) is 118 Å². The lowest BCUT2D eigenvalue weighted by Gasteiger charge is -2.59. The van der Waals surface area contributed by atoms with Crippen molar-refractivity contribution in [3.05, 3.63) is 11.6 Å². The van der Waals surface area contributed by atoms with Gasteiger partial charge >= 0.3 is 0 Å². The van der Waals surface area contributed by atoms with Gasteiger partial charge in [-0.3, -0.25) is 0 Å². The van der Waals surface area contributed by atoms with Crippen molar-refractivity contribution in [2.24, 2.45) is 118 Å². The van der Waals surface area contributed by atoms with Crippen molar-refractivity contribution >= 4 is 0 Å². The Kier molecular flexibility index (Phi) is 16.7. The molecule has 14 rings (SSSR count). The van der Waals surface area contributed by atoms with Gasteiger partial charge in [-0.1, -0.05) is 199 Å². The average molecular weight is 1020 g/mol. The fraction of sp³-hybridized carbons (Fsp3) is 0.972. The Morgan fingerprint density at radius 1 is 0.213 bits per heavy atom. The van der Waals surface area contributed by atoms with Gasteiger partial charge in [-0.2, -0.15) is 0 Å². The average Bonchev–Trinajstić information content (AvgIpc) is 3.94. The van der Waals surface area contributed by atoms with Crippen LogP contribution in [0.5, 0.6) is 0 Å². The normalized spacial score (nSPS) is 45.5. The van der Waals surface area contributed by atoms with Crippen LogP contribution in [0.1, 0.15) is 331 Å². The third-order valence-corrected chi connectivity index (χ3v) is 28.6. The summed E-state index contributed by atoms with van der Waals surface area (Å²) in [6, 6.07) is 0.666. The van der Waals surface area contributed by atoms with E-state index in [-0.39, 0.29) is 0 Å². The third-order valence-electron chi connectivity index (χ3n) is 28.6. The monoisotopic (exact) mass is 1020 g/mol. The van der Waals surface area contributed by atoms with Crippen LogP contribution in [0.25, 0.3) is 0 Å². The van der Waals surface area contributed by atoms with Gasteiger partial charge < -0.3 is 4.57 Å². The number of rotatable bonds is 9. The molecule has 12 atom stereocenters. The van der Waals surface area contributed by atoms with Crippen LogP contribution in [0.4, 0.5) is 0 Å². The molecule has 0 aliphatic heterocycles. The lowest BCUT2D eigenvalue weighted by molar-refractivity contribution is -0.0860. The largest absolute Gasteiger partial charge is 0.311 e. The minimum Gasteiger partial charge on any atom is -0.311 e. The smallest absolute Gasteiger partial charge is 0.136 e. The lowest BCUT2D eigenvalue weighted by Crippen LogP contribution is -2.52. The van der Waals surface area contributed by atoms with E-state index < -0.39 is 0 Å². The Morgan fingerprint density at radius 2 is 0.440 bits per heavy atom. The molecule has 0 amide bonds. The molecular weight excluding hydrogens is 907 g/mol. The molecule has 1 aromatic heterocycles. The maximum atomic E-state index is 5.98. The van der Waals surface area contributed by atoms with Gasteiger partial charge in [-0.15, -0.1) is 10.2 Å². The van der Waals surface area contributed by atoms with Crippen molar-refractivity contribution in [1.29, 1.82) is 0 Å². The second-order valence-electron chi connectivity index (χ2n) is 31.8. The van der Waals surface area contributed by atoms with Gasteiger partial charge in [0, 0.05) is 17.9 Å². The first-order chi connectivity index (χ1) is 37.2. The summed E-state index contributed by atoms with van der Waals surface area (Å²) in [4.78, 5) is 0. The standard InChI is InChI=1S/C72H117N3/c1-6-24-48(25-7-1)52-42-53(49-26-8-2-9-27-49)45-56(44-52)67-59-34-16-20-38-63(59)69(64-39-21-17-35-60(64)67)71-73-74-72(75(71)58-32-14-5-15-33-58)70-65-40-22-18-36-61(65)68(62-37-19-23-41-66(62)70)57-46-54(50-28-10-3-11-29-50)43-55(47-57)51-30-12-4-13-31-51/h48-70H,1-47H2. The quantitative estimate of drug-likeness (QED) is 0.247. The van der Waals surface area contributed by atoms with E-state index in [0.29, 0.717) is 17.9 Å². The van der Waals surface area contributed by atoms with Gasteiger partial charge in [0.1, 0.15) is 11.6 Å². The summed E-state index contributed by atoms with van der Waals surface area (Å²) >= 11 is 0. The second kappa shape index (κ2) is 23.9. The maximum Gasteiger partial charge on any atom is 0.136 e. The minimum absolute atomic E-state index is 0.666. The second-order valence-corrected chi connectivity index (χ2v) is 31.8. The van der Waals surface area contributed by atoms with E-state index in [1.54, 1.807) is 127 Å². The first-order valence-corrected chi connectivity index (χ1v) is 36.2. The Morgan fingerprint density at radius 3 is 0.720 bits per heavy atom. The molecule has 12 unspecified atom stereocenters. The fourth-order valence-corrected chi connectivity index (χ4v) is 25.9. The fourth-order valence-electron chi connectivity index (χ4n) is 25.9. The third kappa shape index (κ3) is 10.5. The topological polar surface area (TPSA) is 30.7 Å². The van der Waals surface area contributed by atoms with Crippen molar-refractivity contribution in [3.63, 3.8) is 0 Å². The SMILES string of the molecule is C1CCC(C2CC(C3CCCCC3)CC(C3C4CCCCC4C(c4nnc(C5C6CCCCC6C(C6CC(C7CCCCC7)CC(C7CCCCC7)C6)C6CCCCC65)n4C4CCCCC4)C4CCCCC43)C2)CC1. The molecule has 0 radical (unpaired) electrons. The van der Waals surface area contributed by atoms with Crippen molar-refractivity contribution < 1.29 is 0 Å². The van der Waals surface area contributed by atoms with E-state index in [9.17, 15) is 0 Å². The highest BCUT2D eigenvalue weighted by Crippen LogP contribution is 2.67. The molecule has 0 bridgehead atoms. The van der Waals surface area contributed by atoms with Crippen LogP contribution in [0.2, 0.25) is 0 Å². The predicted molar refractivity (Wildman–Crippen MR) is 311 cm³/mol. The molecule has 3 heteroatoms. The molecule has 0 aromatic carbocycles. The van der Waals surface area contributed by atoms with Crippen LogP contribution >= 0.6 is 0 Å². The van der Waals surface area contributed by atoms with Crippen LogP contribution in [-0.2, 0) is 0 Å². The van der Waals surface area contributed by atoms with Crippen LogP contribution in [0.15, 0.2) is 0 Å². The molecule has 13 aliphatic rings. The van der Waals surface area contributed by atoms with E-state index >= 15 is 0 Å². The number of fused-ring (bicyclic) bond motifs is 4. The number of nitrogens with zero attached hydrogens (tertiary/aromatic N) is 3. The van der Waals surface area contributed by atoms with Gasteiger partial charge in [0.05, 0.1) is 0 Å². The lowest BCUT2D eigenvalue weighted by atomic mass is 9.46. The van der Waals surface area contributed by atoms with Crippen LogP contribution in [0.3, 0.4) is 0 Å². The van der Waals surface area contributed by atoms with Crippen molar-refractivity contribution in [3.8, 4) is 0 Å². The van der Waals surface area contributed by atoms with Gasteiger partial charge in [0.25, 0.3) is 0 Å². The summed E-state index contributed by atoms with van der Waals surface area (Å²) in [6.07, 6.45) is 72.3. The molecule has 13 saturated carbocycles. The first kappa shape index (κ1) is 52.2. The number of hydrogen-bond donors (Lipinski definition) is 0. The van der Waals surface area contributed by atoms with Gasteiger partial charge in [0.2, 0.25) is 0 Å². The summed E-state index contributed by atoms with van der Waals surface area (Å²) in [5, 5.41) is 12.0. The molecule has 1 heterocycles. The predicted octanol–water partition coefficient (Wildman–Crippen LogP) is 20.8. The van der Waals surface area contributed by atoms with E-state index in [1.165, 1.54) is 186 Å². The molecule has 13 fully saturated rings. The Bertz CT molecular complexity index is 1710. The Labute approximate surface area is 462 Å². The summed E-state index contributed by atoms with van der Waals surface area (Å²) in [5.41, 5.74) is 0. The van der Waals surface area contributed by atoms with Gasteiger partial charge in [-0.05, 0) is 221 Å². The van der Waals surface area contributed by atoms with E-state index in [0.717, 1.165) is 118 Å². The van der Waals surface area contributed by atoms with E-state index in [1.807, 2.05) is 0 Å². The first-order valence-electron chi connectivity index (χ1n) is 36.2. The summed E-state index contributed by atoms with van der Waals surface area (Å²) in [6.45, 7) is 0. The molecular formula is C72H117N3. The molecule has 75 heavy (non-hydrogen) atoms. The zero-order valence-electron chi connectivity index (χ0n) is 48.9. The zero-order valence-corrected chi connectivity index (χ0v) is 48.9. The molecule has 0 spiro atoms. The summed E-state index contributed by atoms with van der Waals surface area (Å²) in [5.74, 6) is 24.4. The molecule has 1 aromatic rings. The van der Waals surface area contributed by atoms with Crippen molar-refractivity contribution in [1.82, 2.24) is 14.8 Å². The highest BCUT2D eigenvalue weighted by atomic mass is 15.3. The molecule has 0 N–H and O–H groups in total. The Balaban J connectivity index is 0.814. The van der Waals surface area contributed by atoms with E-state index in [2.05, 4.69) is 4.57 Å². The van der Waals surface area contributed by atoms with Crippen molar-refractivity contribution in [2.45, 2.75) is 320 Å². The van der Waals surface area contributed by atoms with Crippen LogP contribution in [-0.4, -0.2) is 14.8 Å². The van der Waals surface area contributed by atoms with E-state index in [4.69, 9.17) is 10.2 Å². The molecule has 13 aliphatic carbocycles. The molecule has 420 valence electrons. The highest BCUT2D eigenvalue weighted by molar-refractivity contribution is 5.20. The number of aromatic nitrogens is 3.